The molecule has 1 fully saturated rings. The Morgan fingerprint density at radius 2 is 1.11 bits per heavy atom. The second-order valence-corrected chi connectivity index (χ2v) is 22.6. The predicted octanol–water partition coefficient (Wildman–Crippen LogP) is 13.2. The van der Waals surface area contributed by atoms with E-state index in [-0.39, 0.29) is 16.5 Å². The molecule has 404 valence electrons. The molecule has 2 aliphatic rings. The lowest BCUT2D eigenvalue weighted by Gasteiger charge is -2.50. The van der Waals surface area contributed by atoms with Gasteiger partial charge in [-0.2, -0.15) is 0 Å². The first-order chi connectivity index (χ1) is 40.3. The van der Waals surface area contributed by atoms with Crippen molar-refractivity contribution in [2.45, 2.75) is 29.2 Å². The van der Waals surface area contributed by atoms with Gasteiger partial charge in [0.25, 0.3) is 11.8 Å². The van der Waals surface area contributed by atoms with Gasteiger partial charge in [-0.05, 0) is 63.3 Å². The van der Waals surface area contributed by atoms with Crippen LogP contribution in [0.25, 0.3) is 15.8 Å². The van der Waals surface area contributed by atoms with Gasteiger partial charge in [-0.25, -0.2) is 14.8 Å². The monoisotopic (exact) mass is 1150 g/mol. The van der Waals surface area contributed by atoms with Gasteiger partial charge in [-0.1, -0.05) is 230 Å². The maximum atomic E-state index is 15.1. The van der Waals surface area contributed by atoms with Gasteiger partial charge in [0.05, 0.1) is 10.2 Å². The number of β-lactam (4-membered cyclic amide) rings is 1. The summed E-state index contributed by atoms with van der Waals surface area (Å²) in [6.45, 7) is -0.650. The number of para-hydroxylation sites is 1. The molecule has 16 heteroatoms. The second kappa shape index (κ2) is 24.3. The van der Waals surface area contributed by atoms with Gasteiger partial charge in [-0.3, -0.25) is 14.5 Å². The third-order valence-corrected chi connectivity index (χ3v) is 17.5. The standard InChI is InChI=1S/C66H50N6O6S4/c73-54(77-58(43-24-8-1-9-25-43)44-26-10-2-11-27-44)40-76-71-55(52-42-81-65(68-52)70-66(47-32-16-5-17-33-47,48-34-18-6-19-35-48)49-36-20-7-21-37-49)60(74)69-56-62(75)72-57(50(41-80-63(56)72)61-67-51-38-22-23-39-53(51)82-61)64(79)78-59(45-28-12-3-13-29-45)46-30-14-4-15-31-46/h1-39,42,56,58-59,63H,40-41H2,(H,68,70)(H,69,74)/b71-55+/t56?,63-/m1/s1. The Bertz CT molecular complexity index is 3740. The third-order valence-electron chi connectivity index (χ3n) is 14.1. The number of oxime groups is 1. The Balaban J connectivity index is 0.871. The fourth-order valence-corrected chi connectivity index (χ4v) is 13.7. The largest absolute Gasteiger partial charge is 0.469 e. The summed E-state index contributed by atoms with van der Waals surface area (Å²) in [7, 11) is 0. The molecular formula is C66H50N6O6S4. The number of thiocarbonyl (C=S) groups is 1. The molecule has 0 spiro atoms. The number of nitrogens with one attached hydrogen (secondary N) is 2. The van der Waals surface area contributed by atoms with Crippen LogP contribution in [0, 0.1) is 0 Å². The van der Waals surface area contributed by atoms with Crippen molar-refractivity contribution in [3.63, 3.8) is 0 Å². The summed E-state index contributed by atoms with van der Waals surface area (Å²) in [5.41, 5.74) is 7.00. The molecule has 2 amide bonds. The fraction of sp³-hybridized carbons (Fsp3) is 0.106. The van der Waals surface area contributed by atoms with E-state index in [0.29, 0.717) is 21.6 Å². The zero-order chi connectivity index (χ0) is 55.8. The van der Waals surface area contributed by atoms with Crippen molar-refractivity contribution in [3.05, 3.63) is 297 Å². The number of thioether (sulfide) groups is 1. The van der Waals surface area contributed by atoms with E-state index in [2.05, 4.69) is 52.2 Å². The van der Waals surface area contributed by atoms with Gasteiger partial charge in [0.15, 0.2) is 16.9 Å². The molecule has 2 aromatic heterocycles. The number of aromatic nitrogens is 2. The molecule has 0 aliphatic carbocycles. The van der Waals surface area contributed by atoms with Crippen molar-refractivity contribution >= 4 is 96.1 Å². The number of benzene rings is 8. The van der Waals surface area contributed by atoms with Crippen LogP contribution in [0.2, 0.25) is 0 Å². The molecule has 4 heterocycles. The van der Waals surface area contributed by atoms with Crippen molar-refractivity contribution < 1.29 is 28.7 Å². The summed E-state index contributed by atoms with van der Waals surface area (Å²) < 4.78 is 13.9. The molecule has 12 rings (SSSR count). The molecule has 82 heavy (non-hydrogen) atoms. The predicted molar refractivity (Wildman–Crippen MR) is 328 cm³/mol. The zero-order valence-electron chi connectivity index (χ0n) is 43.7. The van der Waals surface area contributed by atoms with Crippen LogP contribution in [-0.2, 0) is 34.2 Å². The van der Waals surface area contributed by atoms with Gasteiger partial charge in [0.2, 0.25) is 11.7 Å². The zero-order valence-corrected chi connectivity index (χ0v) is 47.0. The first kappa shape index (κ1) is 53.6. The summed E-state index contributed by atoms with van der Waals surface area (Å²) in [6.07, 6.45) is -1.35. The molecular weight excluding hydrogens is 1100 g/mol. The molecule has 8 aromatic carbocycles. The number of carbonyl (C=O) groups is 3. The molecule has 1 unspecified atom stereocenters. The van der Waals surface area contributed by atoms with Crippen molar-refractivity contribution in [1.82, 2.24) is 20.2 Å². The lowest BCUT2D eigenvalue weighted by Crippen LogP contribution is -2.71. The Hall–Kier alpha value is -9.06. The summed E-state index contributed by atoms with van der Waals surface area (Å²) in [4.78, 5) is 61.2. The van der Waals surface area contributed by atoms with Crippen molar-refractivity contribution in [2.75, 3.05) is 17.7 Å². The molecule has 1 saturated heterocycles. The maximum absolute atomic E-state index is 15.1. The number of amides is 2. The first-order valence-corrected chi connectivity index (χ1v) is 29.5. The third kappa shape index (κ3) is 11.1. The van der Waals surface area contributed by atoms with Crippen LogP contribution in [0.5, 0.6) is 0 Å². The summed E-state index contributed by atoms with van der Waals surface area (Å²) in [5.74, 6) is -1.51. The number of hydrogen-bond acceptors (Lipinski definition) is 14. The molecule has 2 aliphatic heterocycles. The topological polar surface area (TPSA) is 144 Å². The number of thiazole rings is 2. The number of hydrogen-bond donors (Lipinski definition) is 2. The molecule has 10 aromatic rings. The van der Waals surface area contributed by atoms with E-state index in [4.69, 9.17) is 36.5 Å². The Morgan fingerprint density at radius 3 is 1.62 bits per heavy atom. The highest BCUT2D eigenvalue weighted by molar-refractivity contribution is 8.00. The average molecular weight is 1150 g/mol. The van der Waals surface area contributed by atoms with E-state index in [1.165, 1.54) is 34.4 Å². The summed E-state index contributed by atoms with van der Waals surface area (Å²) >= 11 is 10.5. The highest BCUT2D eigenvalue weighted by Crippen LogP contribution is 2.47. The molecule has 2 N–H and O–H groups in total. The van der Waals surface area contributed by atoms with Crippen LogP contribution in [0.15, 0.2) is 253 Å². The van der Waals surface area contributed by atoms with Crippen LogP contribution in [-0.4, -0.2) is 67.2 Å². The number of nitrogens with zero attached hydrogens (tertiary/aromatic N) is 4. The lowest BCUT2D eigenvalue weighted by molar-refractivity contribution is -0.153. The fourth-order valence-electron chi connectivity index (χ4n) is 10.2. The van der Waals surface area contributed by atoms with Crippen LogP contribution >= 0.6 is 46.7 Å². The van der Waals surface area contributed by atoms with Crippen molar-refractivity contribution in [2.24, 2.45) is 5.16 Å². The second-order valence-electron chi connectivity index (χ2n) is 19.2. The van der Waals surface area contributed by atoms with Crippen LogP contribution in [0.1, 0.15) is 61.9 Å². The average Bonchev–Trinajstić information content (AvgIpc) is 2.97. The smallest absolute Gasteiger partial charge is 0.347 e. The summed E-state index contributed by atoms with van der Waals surface area (Å²) in [5, 5.41) is 13.5. The normalized spacial score (nSPS) is 15.2. The number of fused-ring (bicyclic) bond motifs is 2. The first-order valence-electron chi connectivity index (χ1n) is 26.4. The van der Waals surface area contributed by atoms with Crippen LogP contribution in [0.4, 0.5) is 5.13 Å². The molecule has 0 saturated carbocycles. The molecule has 0 radical (unpaired) electrons. The van der Waals surface area contributed by atoms with Crippen LogP contribution < -0.4 is 10.6 Å². The minimum atomic E-state index is -1.04. The number of anilines is 1. The highest BCUT2D eigenvalue weighted by atomic mass is 32.2. The van der Waals surface area contributed by atoms with Gasteiger partial charge < -0.3 is 24.9 Å². The molecule has 0 bridgehead atoms. The van der Waals surface area contributed by atoms with Gasteiger partial charge >= 0.3 is 5.97 Å². The Labute approximate surface area is 491 Å². The van der Waals surface area contributed by atoms with Crippen molar-refractivity contribution in [1.29, 1.82) is 0 Å². The number of rotatable bonds is 19. The maximum Gasteiger partial charge on any atom is 0.347 e. The van der Waals surface area contributed by atoms with E-state index in [9.17, 15) is 9.59 Å². The number of carbonyl (C=O) groups excluding carboxylic acids is 3. The van der Waals surface area contributed by atoms with Crippen molar-refractivity contribution in [3.8, 4) is 0 Å². The van der Waals surface area contributed by atoms with Gasteiger partial charge in [0.1, 0.15) is 39.5 Å². The molecule has 12 nitrogen and oxygen atoms in total. The van der Waals surface area contributed by atoms with E-state index in [1.807, 2.05) is 200 Å². The van der Waals surface area contributed by atoms with E-state index in [0.717, 1.165) is 54.7 Å². The molecule has 2 atom stereocenters. The quantitative estimate of drug-likeness (QED) is 0.0199. The number of ether oxygens (including phenoxy) is 2. The van der Waals surface area contributed by atoms with E-state index in [1.54, 1.807) is 10.3 Å². The Kier molecular flexibility index (Phi) is 15.9. The number of esters is 1. The van der Waals surface area contributed by atoms with Crippen LogP contribution in [0.3, 0.4) is 0 Å². The highest BCUT2D eigenvalue weighted by Gasteiger charge is 2.55. The van der Waals surface area contributed by atoms with Gasteiger partial charge in [0, 0.05) is 16.7 Å². The van der Waals surface area contributed by atoms with E-state index < -0.39 is 53.6 Å². The summed E-state index contributed by atoms with van der Waals surface area (Å²) in [6, 6.07) is 75.4. The minimum absolute atomic E-state index is 0.111. The van der Waals surface area contributed by atoms with E-state index >= 15 is 4.79 Å². The minimum Gasteiger partial charge on any atom is -0.469 e. The van der Waals surface area contributed by atoms with Gasteiger partial charge in [-0.15, -0.1) is 34.4 Å². The Morgan fingerprint density at radius 1 is 0.634 bits per heavy atom. The SMILES string of the molecule is O=C(CO/N=C(/C(=O)NC1C(=O)N2C(C(=S)OC(c3ccccc3)c3ccccc3)=C(c3nc4ccccc4s3)CS[C@H]12)c1csc(NC(c2ccccc2)(c2ccccc2)c2ccccc2)n1)OC(c1ccccc1)c1ccccc1. The lowest BCUT2D eigenvalue weighted by atomic mass is 9.77.